The fraction of sp³-hybridized carbons (Fsp3) is 0.167. The molecule has 0 saturated heterocycles. The van der Waals surface area contributed by atoms with Gasteiger partial charge in [0, 0.05) is 10.2 Å². The first-order valence-electron chi connectivity index (χ1n) is 5.15. The second kappa shape index (κ2) is 4.71. The number of benzene rings is 1. The summed E-state index contributed by atoms with van der Waals surface area (Å²) in [6, 6.07) is 5.71. The van der Waals surface area contributed by atoms with E-state index in [1.54, 1.807) is 6.20 Å². The lowest BCUT2D eigenvalue weighted by atomic mass is 10.2. The minimum absolute atomic E-state index is 0.176. The Morgan fingerprint density at radius 1 is 1.35 bits per heavy atom. The standard InChI is InChI=1S/C12H12BrN3O/c1-7-5-9(13)3-4-10(7)15-12(17)11-8(2)6-14-16-11/h3-6H,1-2H3,(H,14,16)(H,15,17). The van der Waals surface area contributed by atoms with Gasteiger partial charge in [-0.25, -0.2) is 0 Å². The second-order valence-electron chi connectivity index (χ2n) is 3.84. The van der Waals surface area contributed by atoms with E-state index in [1.807, 2.05) is 32.0 Å². The number of aryl methyl sites for hydroxylation is 2. The Kier molecular flexibility index (Phi) is 3.28. The van der Waals surface area contributed by atoms with Crippen molar-refractivity contribution in [2.45, 2.75) is 13.8 Å². The fourth-order valence-electron chi connectivity index (χ4n) is 1.53. The molecule has 5 heteroatoms. The molecule has 0 saturated carbocycles. The quantitative estimate of drug-likeness (QED) is 0.894. The molecular weight excluding hydrogens is 282 g/mol. The van der Waals surface area contributed by atoms with Gasteiger partial charge in [0.05, 0.1) is 6.20 Å². The predicted octanol–water partition coefficient (Wildman–Crippen LogP) is 3.04. The number of aromatic nitrogens is 2. The van der Waals surface area contributed by atoms with Crippen LogP contribution in [-0.2, 0) is 0 Å². The van der Waals surface area contributed by atoms with Crippen molar-refractivity contribution in [1.29, 1.82) is 0 Å². The predicted molar refractivity (Wildman–Crippen MR) is 70.2 cm³/mol. The summed E-state index contributed by atoms with van der Waals surface area (Å²) in [5.74, 6) is -0.176. The summed E-state index contributed by atoms with van der Waals surface area (Å²) in [7, 11) is 0. The van der Waals surface area contributed by atoms with Crippen molar-refractivity contribution in [2.75, 3.05) is 5.32 Å². The molecule has 0 aliphatic rings. The van der Waals surface area contributed by atoms with Crippen molar-refractivity contribution in [3.05, 3.63) is 45.7 Å². The summed E-state index contributed by atoms with van der Waals surface area (Å²) in [5.41, 5.74) is 3.13. The number of halogens is 1. The summed E-state index contributed by atoms with van der Waals surface area (Å²) in [6.45, 7) is 3.78. The molecule has 1 aromatic heterocycles. The third-order valence-electron chi connectivity index (χ3n) is 2.49. The van der Waals surface area contributed by atoms with E-state index >= 15 is 0 Å². The van der Waals surface area contributed by atoms with Gasteiger partial charge in [-0.1, -0.05) is 15.9 Å². The molecule has 0 spiro atoms. The van der Waals surface area contributed by atoms with Crippen molar-refractivity contribution in [3.63, 3.8) is 0 Å². The molecule has 0 aliphatic carbocycles. The highest BCUT2D eigenvalue weighted by Crippen LogP contribution is 2.20. The Labute approximate surface area is 108 Å². The van der Waals surface area contributed by atoms with E-state index in [9.17, 15) is 4.79 Å². The first kappa shape index (κ1) is 11.9. The van der Waals surface area contributed by atoms with Gasteiger partial charge in [0.25, 0.3) is 5.91 Å². The molecule has 2 N–H and O–H groups in total. The average Bonchev–Trinajstić information content (AvgIpc) is 2.68. The van der Waals surface area contributed by atoms with Gasteiger partial charge in [0.15, 0.2) is 0 Å². The molecule has 17 heavy (non-hydrogen) atoms. The lowest BCUT2D eigenvalue weighted by molar-refractivity contribution is 0.102. The summed E-state index contributed by atoms with van der Waals surface area (Å²) >= 11 is 3.38. The lowest BCUT2D eigenvalue weighted by Gasteiger charge is -2.08. The van der Waals surface area contributed by atoms with Crippen molar-refractivity contribution >= 4 is 27.5 Å². The molecule has 88 valence electrons. The molecule has 0 radical (unpaired) electrons. The Morgan fingerprint density at radius 3 is 2.71 bits per heavy atom. The van der Waals surface area contributed by atoms with Crippen molar-refractivity contribution < 1.29 is 4.79 Å². The largest absolute Gasteiger partial charge is 0.320 e. The van der Waals surface area contributed by atoms with E-state index in [4.69, 9.17) is 0 Å². The third-order valence-corrected chi connectivity index (χ3v) is 2.99. The van der Waals surface area contributed by atoms with Gasteiger partial charge in [-0.2, -0.15) is 5.10 Å². The van der Waals surface area contributed by atoms with Gasteiger partial charge in [0.1, 0.15) is 5.69 Å². The number of hydrogen-bond acceptors (Lipinski definition) is 2. The summed E-state index contributed by atoms with van der Waals surface area (Å²) < 4.78 is 0.991. The Hall–Kier alpha value is -1.62. The van der Waals surface area contributed by atoms with E-state index in [2.05, 4.69) is 31.4 Å². The first-order valence-corrected chi connectivity index (χ1v) is 5.94. The molecule has 0 atom stereocenters. The molecule has 1 heterocycles. The maximum absolute atomic E-state index is 11.9. The van der Waals surface area contributed by atoms with Crippen LogP contribution in [0, 0.1) is 13.8 Å². The second-order valence-corrected chi connectivity index (χ2v) is 4.76. The zero-order valence-electron chi connectivity index (χ0n) is 9.54. The van der Waals surface area contributed by atoms with E-state index in [0.29, 0.717) is 5.69 Å². The Bertz CT molecular complexity index is 563. The molecule has 0 fully saturated rings. The fourth-order valence-corrected chi connectivity index (χ4v) is 2.00. The van der Waals surface area contributed by atoms with Crippen LogP contribution < -0.4 is 5.32 Å². The highest BCUT2D eigenvalue weighted by Gasteiger charge is 2.11. The molecule has 2 rings (SSSR count). The van der Waals surface area contributed by atoms with Crippen molar-refractivity contribution in [3.8, 4) is 0 Å². The summed E-state index contributed by atoms with van der Waals surface area (Å²) in [5, 5.41) is 9.36. The molecule has 4 nitrogen and oxygen atoms in total. The van der Waals surface area contributed by atoms with E-state index < -0.39 is 0 Å². The van der Waals surface area contributed by atoms with E-state index in [1.165, 1.54) is 0 Å². The number of carbonyl (C=O) groups is 1. The molecular formula is C12H12BrN3O. The topological polar surface area (TPSA) is 57.8 Å². The number of hydrogen-bond donors (Lipinski definition) is 2. The highest BCUT2D eigenvalue weighted by molar-refractivity contribution is 9.10. The van der Waals surface area contributed by atoms with Crippen LogP contribution in [0.5, 0.6) is 0 Å². The molecule has 0 unspecified atom stereocenters. The van der Waals surface area contributed by atoms with Crippen LogP contribution in [0.3, 0.4) is 0 Å². The minimum Gasteiger partial charge on any atom is -0.320 e. The van der Waals surface area contributed by atoms with Gasteiger partial charge < -0.3 is 5.32 Å². The monoisotopic (exact) mass is 293 g/mol. The minimum atomic E-state index is -0.176. The SMILES string of the molecule is Cc1cc(Br)ccc1NC(=O)c1[nH]ncc1C. The van der Waals surface area contributed by atoms with Crippen LogP contribution in [0.2, 0.25) is 0 Å². The molecule has 0 bridgehead atoms. The number of anilines is 1. The Morgan fingerprint density at radius 2 is 2.12 bits per heavy atom. The van der Waals surface area contributed by atoms with Crippen LogP contribution in [-0.4, -0.2) is 16.1 Å². The van der Waals surface area contributed by atoms with Crippen LogP contribution >= 0.6 is 15.9 Å². The lowest BCUT2D eigenvalue weighted by Crippen LogP contribution is -2.14. The molecule has 2 aromatic rings. The highest BCUT2D eigenvalue weighted by atomic mass is 79.9. The van der Waals surface area contributed by atoms with Gasteiger partial charge in [0.2, 0.25) is 0 Å². The van der Waals surface area contributed by atoms with E-state index in [0.717, 1.165) is 21.3 Å². The number of H-pyrrole nitrogens is 1. The van der Waals surface area contributed by atoms with Crippen molar-refractivity contribution in [2.24, 2.45) is 0 Å². The van der Waals surface area contributed by atoms with E-state index in [-0.39, 0.29) is 5.91 Å². The number of amides is 1. The van der Waals surface area contributed by atoms with Crippen LogP contribution in [0.4, 0.5) is 5.69 Å². The number of nitrogens with zero attached hydrogens (tertiary/aromatic N) is 1. The van der Waals surface area contributed by atoms with Gasteiger partial charge in [-0.15, -0.1) is 0 Å². The number of aromatic amines is 1. The molecule has 1 aromatic carbocycles. The number of carbonyl (C=O) groups excluding carboxylic acids is 1. The van der Waals surface area contributed by atoms with Crippen molar-refractivity contribution in [1.82, 2.24) is 10.2 Å². The summed E-state index contributed by atoms with van der Waals surface area (Å²) in [6.07, 6.45) is 1.63. The molecule has 0 aliphatic heterocycles. The maximum atomic E-state index is 11.9. The van der Waals surface area contributed by atoms with Gasteiger partial charge >= 0.3 is 0 Å². The zero-order valence-corrected chi connectivity index (χ0v) is 11.1. The van der Waals surface area contributed by atoms with Crippen LogP contribution in [0.15, 0.2) is 28.9 Å². The molecule has 1 amide bonds. The van der Waals surface area contributed by atoms with Gasteiger partial charge in [-0.3, -0.25) is 9.89 Å². The van der Waals surface area contributed by atoms with Crippen LogP contribution in [0.1, 0.15) is 21.6 Å². The zero-order chi connectivity index (χ0) is 12.4. The smallest absolute Gasteiger partial charge is 0.273 e. The maximum Gasteiger partial charge on any atom is 0.273 e. The van der Waals surface area contributed by atoms with Gasteiger partial charge in [-0.05, 0) is 43.2 Å². The average molecular weight is 294 g/mol. The Balaban J connectivity index is 2.22. The third kappa shape index (κ3) is 2.55. The summed E-state index contributed by atoms with van der Waals surface area (Å²) in [4.78, 5) is 11.9. The van der Waals surface area contributed by atoms with Crippen LogP contribution in [0.25, 0.3) is 0 Å². The number of rotatable bonds is 2. The number of nitrogens with one attached hydrogen (secondary N) is 2. The first-order chi connectivity index (χ1) is 8.08. The normalized spacial score (nSPS) is 10.3.